The minimum atomic E-state index is -3.98. The molecule has 31 heavy (non-hydrogen) atoms. The van der Waals surface area contributed by atoms with Gasteiger partial charge < -0.3 is 5.32 Å². The molecule has 0 bridgehead atoms. The molecule has 5 nitrogen and oxygen atoms in total. The van der Waals surface area contributed by atoms with E-state index in [1.807, 2.05) is 38.1 Å². The highest BCUT2D eigenvalue weighted by Crippen LogP contribution is 2.29. The number of sulfonamides is 1. The maximum absolute atomic E-state index is 13.5. The van der Waals surface area contributed by atoms with Crippen LogP contribution in [0.25, 0.3) is 0 Å². The van der Waals surface area contributed by atoms with Crippen LogP contribution in [0.15, 0.2) is 71.6 Å². The molecule has 0 spiro atoms. The molecule has 1 amide bonds. The summed E-state index contributed by atoms with van der Waals surface area (Å²) in [6, 6.07) is 19.3. The van der Waals surface area contributed by atoms with E-state index in [0.717, 1.165) is 21.0 Å². The van der Waals surface area contributed by atoms with Crippen LogP contribution in [0, 0.1) is 20.8 Å². The smallest absolute Gasteiger partial charge is 0.264 e. The summed E-state index contributed by atoms with van der Waals surface area (Å²) < 4.78 is 28.1. The van der Waals surface area contributed by atoms with Crippen molar-refractivity contribution in [2.24, 2.45) is 0 Å². The predicted octanol–water partition coefficient (Wildman–Crippen LogP) is 4.78. The van der Waals surface area contributed by atoms with Gasteiger partial charge in [-0.1, -0.05) is 59.6 Å². The molecule has 0 fully saturated rings. The Morgan fingerprint density at radius 2 is 1.61 bits per heavy atom. The summed E-state index contributed by atoms with van der Waals surface area (Å²) in [6.07, 6.45) is 0. The molecule has 0 aliphatic rings. The Balaban J connectivity index is 1.92. The average molecular weight is 457 g/mol. The fraction of sp³-hybridized carbons (Fsp3) is 0.208. The molecule has 162 valence electrons. The van der Waals surface area contributed by atoms with Crippen molar-refractivity contribution < 1.29 is 13.2 Å². The number of nitrogens with zero attached hydrogens (tertiary/aromatic N) is 1. The summed E-state index contributed by atoms with van der Waals surface area (Å²) in [6.45, 7) is 5.59. The van der Waals surface area contributed by atoms with E-state index in [1.54, 1.807) is 49.4 Å². The van der Waals surface area contributed by atoms with Crippen molar-refractivity contribution in [3.63, 3.8) is 0 Å². The van der Waals surface area contributed by atoms with Gasteiger partial charge >= 0.3 is 0 Å². The molecule has 0 radical (unpaired) electrons. The van der Waals surface area contributed by atoms with Gasteiger partial charge in [-0.2, -0.15) is 0 Å². The van der Waals surface area contributed by atoms with E-state index in [1.165, 1.54) is 0 Å². The molecule has 7 heteroatoms. The third kappa shape index (κ3) is 5.46. The summed E-state index contributed by atoms with van der Waals surface area (Å²) in [7, 11) is -3.98. The van der Waals surface area contributed by atoms with E-state index in [4.69, 9.17) is 11.6 Å². The van der Waals surface area contributed by atoms with Crippen molar-refractivity contribution in [1.29, 1.82) is 0 Å². The Kier molecular flexibility index (Phi) is 7.03. The summed E-state index contributed by atoms with van der Waals surface area (Å²) in [5, 5.41) is 3.22. The molecular weight excluding hydrogens is 432 g/mol. The lowest BCUT2D eigenvalue weighted by atomic mass is 10.1. The molecule has 0 heterocycles. The van der Waals surface area contributed by atoms with Gasteiger partial charge in [-0.05, 0) is 61.7 Å². The van der Waals surface area contributed by atoms with E-state index < -0.39 is 15.9 Å². The maximum atomic E-state index is 13.5. The lowest BCUT2D eigenvalue weighted by molar-refractivity contribution is -0.119. The monoisotopic (exact) mass is 456 g/mol. The zero-order valence-electron chi connectivity index (χ0n) is 17.7. The van der Waals surface area contributed by atoms with E-state index in [9.17, 15) is 13.2 Å². The van der Waals surface area contributed by atoms with Gasteiger partial charge in [-0.3, -0.25) is 9.10 Å². The quantitative estimate of drug-likeness (QED) is 0.556. The van der Waals surface area contributed by atoms with Crippen molar-refractivity contribution in [3.05, 3.63) is 94.0 Å². The van der Waals surface area contributed by atoms with Gasteiger partial charge in [-0.15, -0.1) is 0 Å². The number of hydrogen-bond donors (Lipinski definition) is 1. The fourth-order valence-electron chi connectivity index (χ4n) is 3.18. The van der Waals surface area contributed by atoms with E-state index in [0.29, 0.717) is 22.8 Å². The van der Waals surface area contributed by atoms with Crippen LogP contribution in [0.1, 0.15) is 22.3 Å². The molecule has 0 saturated carbocycles. The summed E-state index contributed by atoms with van der Waals surface area (Å²) in [4.78, 5) is 12.9. The standard InChI is InChI=1S/C24H25ClN2O3S/c1-17-8-12-22(13-9-17)31(29,30)27(23-14-21(25)11-10-19(23)3)16-24(28)26-15-20-7-5-4-6-18(20)2/h4-14H,15-16H2,1-3H3,(H,26,28). The predicted molar refractivity (Wildman–Crippen MR) is 125 cm³/mol. The molecule has 0 aliphatic heterocycles. The number of hydrogen-bond acceptors (Lipinski definition) is 3. The van der Waals surface area contributed by atoms with Crippen LogP contribution in [0.2, 0.25) is 5.02 Å². The molecule has 3 rings (SSSR count). The first-order valence-electron chi connectivity index (χ1n) is 9.85. The Morgan fingerprint density at radius 1 is 0.935 bits per heavy atom. The normalized spacial score (nSPS) is 11.2. The Labute approximate surface area is 188 Å². The molecule has 3 aromatic carbocycles. The number of amides is 1. The van der Waals surface area contributed by atoms with Gasteiger partial charge in [0.15, 0.2) is 0 Å². The Morgan fingerprint density at radius 3 is 2.29 bits per heavy atom. The molecule has 1 N–H and O–H groups in total. The molecule has 3 aromatic rings. The summed E-state index contributed by atoms with van der Waals surface area (Å²) in [5.74, 6) is -0.404. The summed E-state index contributed by atoms with van der Waals surface area (Å²) >= 11 is 6.15. The topological polar surface area (TPSA) is 66.5 Å². The molecular formula is C24H25ClN2O3S. The van der Waals surface area contributed by atoms with Crippen LogP contribution in [-0.4, -0.2) is 20.9 Å². The SMILES string of the molecule is Cc1ccc(S(=O)(=O)N(CC(=O)NCc2ccccc2C)c2cc(Cl)ccc2C)cc1. The minimum absolute atomic E-state index is 0.115. The first-order chi connectivity index (χ1) is 14.7. The lowest BCUT2D eigenvalue weighted by Crippen LogP contribution is -2.41. The van der Waals surface area contributed by atoms with E-state index in [2.05, 4.69) is 5.32 Å². The number of halogens is 1. The van der Waals surface area contributed by atoms with Gasteiger partial charge in [-0.25, -0.2) is 8.42 Å². The molecule has 0 unspecified atom stereocenters. The second-order valence-corrected chi connectivity index (χ2v) is 9.76. The molecule has 0 aliphatic carbocycles. The van der Waals surface area contributed by atoms with Gasteiger partial charge in [0.1, 0.15) is 6.54 Å². The molecule has 0 aromatic heterocycles. The largest absolute Gasteiger partial charge is 0.350 e. The molecule has 0 atom stereocenters. The highest BCUT2D eigenvalue weighted by Gasteiger charge is 2.28. The zero-order valence-corrected chi connectivity index (χ0v) is 19.3. The van der Waals surface area contributed by atoms with Crippen LogP contribution >= 0.6 is 11.6 Å². The fourth-order valence-corrected chi connectivity index (χ4v) is 4.82. The number of carbonyl (C=O) groups excluding carboxylic acids is 1. The van der Waals surface area contributed by atoms with Crippen molar-refractivity contribution >= 4 is 33.2 Å². The maximum Gasteiger partial charge on any atom is 0.264 e. The Hall–Kier alpha value is -2.83. The zero-order chi connectivity index (χ0) is 22.6. The van der Waals surface area contributed by atoms with Crippen LogP contribution < -0.4 is 9.62 Å². The van der Waals surface area contributed by atoms with Gasteiger partial charge in [0.05, 0.1) is 10.6 Å². The second kappa shape index (κ2) is 9.54. The number of anilines is 1. The third-order valence-electron chi connectivity index (χ3n) is 5.07. The highest BCUT2D eigenvalue weighted by molar-refractivity contribution is 7.92. The number of benzene rings is 3. The van der Waals surface area contributed by atoms with Gasteiger partial charge in [0.2, 0.25) is 5.91 Å². The average Bonchev–Trinajstić information content (AvgIpc) is 2.73. The van der Waals surface area contributed by atoms with E-state index in [-0.39, 0.29) is 11.4 Å². The first kappa shape index (κ1) is 22.8. The van der Waals surface area contributed by atoms with Crippen molar-refractivity contribution in [2.75, 3.05) is 10.8 Å². The van der Waals surface area contributed by atoms with Gasteiger partial charge in [0, 0.05) is 11.6 Å². The number of rotatable bonds is 7. The third-order valence-corrected chi connectivity index (χ3v) is 7.08. The van der Waals surface area contributed by atoms with Crippen LogP contribution in [0.4, 0.5) is 5.69 Å². The van der Waals surface area contributed by atoms with Crippen molar-refractivity contribution in [2.45, 2.75) is 32.2 Å². The van der Waals surface area contributed by atoms with Crippen molar-refractivity contribution in [3.8, 4) is 0 Å². The van der Waals surface area contributed by atoms with E-state index >= 15 is 0 Å². The lowest BCUT2D eigenvalue weighted by Gasteiger charge is -2.26. The highest BCUT2D eigenvalue weighted by atomic mass is 35.5. The van der Waals surface area contributed by atoms with Crippen LogP contribution in [0.3, 0.4) is 0 Å². The first-order valence-corrected chi connectivity index (χ1v) is 11.7. The minimum Gasteiger partial charge on any atom is -0.350 e. The second-order valence-electron chi connectivity index (χ2n) is 7.46. The number of nitrogens with one attached hydrogen (secondary N) is 1. The summed E-state index contributed by atoms with van der Waals surface area (Å²) in [5.41, 5.74) is 4.05. The number of carbonyl (C=O) groups is 1. The number of aryl methyl sites for hydroxylation is 3. The molecule has 0 saturated heterocycles. The van der Waals surface area contributed by atoms with Gasteiger partial charge in [0.25, 0.3) is 10.0 Å². The van der Waals surface area contributed by atoms with Crippen molar-refractivity contribution in [1.82, 2.24) is 5.32 Å². The van der Waals surface area contributed by atoms with Crippen LogP contribution in [-0.2, 0) is 21.4 Å². The Bertz CT molecular complexity index is 1190. The van der Waals surface area contributed by atoms with Crippen LogP contribution in [0.5, 0.6) is 0 Å².